The van der Waals surface area contributed by atoms with E-state index in [1.807, 2.05) is 25.7 Å². The van der Waals surface area contributed by atoms with Crippen LogP contribution in [0.5, 0.6) is 0 Å². The lowest BCUT2D eigenvalue weighted by atomic mass is 9.57. The van der Waals surface area contributed by atoms with Crippen LogP contribution in [0.3, 0.4) is 0 Å². The molecule has 1 amide bonds. The minimum Gasteiger partial charge on any atom is -0.458 e. The summed E-state index contributed by atoms with van der Waals surface area (Å²) in [4.78, 5) is 25.9. The Kier molecular flexibility index (Phi) is 7.91. The highest BCUT2D eigenvalue weighted by Crippen LogP contribution is 2.51. The lowest BCUT2D eigenvalue weighted by Crippen LogP contribution is -2.56. The van der Waals surface area contributed by atoms with Gasteiger partial charge in [-0.3, -0.25) is 9.59 Å². The number of carbonyl (C=O) groups is 2. The molecule has 29 heavy (non-hydrogen) atoms. The molecule has 0 bridgehead atoms. The van der Waals surface area contributed by atoms with Crippen molar-refractivity contribution in [3.63, 3.8) is 0 Å². The van der Waals surface area contributed by atoms with Crippen molar-refractivity contribution >= 4 is 11.9 Å². The van der Waals surface area contributed by atoms with Crippen LogP contribution in [0, 0.1) is 23.7 Å². The minimum atomic E-state index is -0.893. The van der Waals surface area contributed by atoms with E-state index in [2.05, 4.69) is 19.9 Å². The van der Waals surface area contributed by atoms with Crippen LogP contribution >= 0.6 is 0 Å². The number of nitrogens with zero attached hydrogens (tertiary/aromatic N) is 1. The first kappa shape index (κ1) is 23.9. The summed E-state index contributed by atoms with van der Waals surface area (Å²) in [6.07, 6.45) is 4.16. The zero-order chi connectivity index (χ0) is 21.9. The molecule has 166 valence electrons. The summed E-state index contributed by atoms with van der Waals surface area (Å²) >= 11 is 0. The van der Waals surface area contributed by atoms with Gasteiger partial charge in [0.2, 0.25) is 5.91 Å². The number of fused-ring (bicyclic) bond motifs is 1. The third-order valence-corrected chi connectivity index (χ3v) is 7.02. The van der Waals surface area contributed by atoms with Gasteiger partial charge in [-0.25, -0.2) is 0 Å². The van der Waals surface area contributed by atoms with Crippen LogP contribution in [0.4, 0.5) is 0 Å². The van der Waals surface area contributed by atoms with Crippen LogP contribution in [0.25, 0.3) is 0 Å². The highest BCUT2D eigenvalue weighted by molar-refractivity contribution is 5.77. The van der Waals surface area contributed by atoms with Gasteiger partial charge in [-0.1, -0.05) is 19.9 Å². The number of amides is 1. The molecule has 1 N–H and O–H groups in total. The molecule has 0 aromatic rings. The lowest BCUT2D eigenvalue weighted by Gasteiger charge is -2.53. The third-order valence-electron chi connectivity index (χ3n) is 7.02. The molecule has 0 saturated heterocycles. The van der Waals surface area contributed by atoms with Gasteiger partial charge in [0.1, 0.15) is 12.7 Å². The highest BCUT2D eigenvalue weighted by Gasteiger charge is 2.52. The fourth-order valence-electron chi connectivity index (χ4n) is 5.25. The van der Waals surface area contributed by atoms with Gasteiger partial charge in [-0.2, -0.15) is 0 Å². The first-order chi connectivity index (χ1) is 13.5. The van der Waals surface area contributed by atoms with Crippen molar-refractivity contribution in [2.24, 2.45) is 23.7 Å². The molecule has 1 fully saturated rings. The molecule has 6 atom stereocenters. The summed E-state index contributed by atoms with van der Waals surface area (Å²) < 4.78 is 10.5. The van der Waals surface area contributed by atoms with Crippen molar-refractivity contribution in [2.45, 2.75) is 78.6 Å². The van der Waals surface area contributed by atoms with Crippen molar-refractivity contribution < 1.29 is 24.2 Å². The van der Waals surface area contributed by atoms with Gasteiger partial charge in [0, 0.05) is 39.0 Å². The first-order valence-electron chi connectivity index (χ1n) is 10.9. The molecular formula is C23H39NO5. The minimum absolute atomic E-state index is 0.000373. The number of hydrogen-bond donors (Lipinski definition) is 1. The van der Waals surface area contributed by atoms with Gasteiger partial charge >= 0.3 is 5.97 Å². The Morgan fingerprint density at radius 3 is 2.52 bits per heavy atom. The molecule has 0 spiro atoms. The second-order valence-corrected chi connectivity index (χ2v) is 9.42. The SMILES string of the molecule is COCC(=O)N(CC(C)[C@@H]1CC[C@@H](C)[C@]2(O)C[C@@H](OC(C)=O)C(C)=C[C@H]12)C(C)C. The predicted molar refractivity (Wildman–Crippen MR) is 112 cm³/mol. The zero-order valence-electron chi connectivity index (χ0n) is 19.1. The highest BCUT2D eigenvalue weighted by atomic mass is 16.5. The number of ether oxygens (including phenoxy) is 2. The molecule has 2 aliphatic rings. The lowest BCUT2D eigenvalue weighted by molar-refractivity contribution is -0.159. The maximum absolute atomic E-state index is 12.5. The molecule has 2 aliphatic carbocycles. The van der Waals surface area contributed by atoms with Crippen molar-refractivity contribution in [1.82, 2.24) is 4.90 Å². The predicted octanol–water partition coefficient (Wildman–Crippen LogP) is 3.18. The van der Waals surface area contributed by atoms with Gasteiger partial charge < -0.3 is 19.5 Å². The summed E-state index contributed by atoms with van der Waals surface area (Å²) in [5.41, 5.74) is 0.119. The number of rotatable bonds is 7. The second kappa shape index (κ2) is 9.61. The van der Waals surface area contributed by atoms with Gasteiger partial charge in [0.05, 0.1) is 5.60 Å². The van der Waals surface area contributed by atoms with Crippen LogP contribution in [-0.2, 0) is 19.1 Å². The summed E-state index contributed by atoms with van der Waals surface area (Å²) in [5, 5.41) is 11.7. The Labute approximate surface area is 175 Å². The molecule has 1 unspecified atom stereocenters. The molecule has 6 nitrogen and oxygen atoms in total. The molecule has 0 aromatic carbocycles. The Balaban J connectivity index is 2.25. The molecule has 2 rings (SSSR count). The average molecular weight is 410 g/mol. The third kappa shape index (κ3) is 5.21. The smallest absolute Gasteiger partial charge is 0.303 e. The molecule has 6 heteroatoms. The van der Waals surface area contributed by atoms with Crippen LogP contribution in [-0.4, -0.2) is 59.9 Å². The maximum atomic E-state index is 12.5. The number of carbonyl (C=O) groups excluding carboxylic acids is 2. The Morgan fingerprint density at radius 1 is 1.31 bits per heavy atom. The Morgan fingerprint density at radius 2 is 1.97 bits per heavy atom. The van der Waals surface area contributed by atoms with Crippen molar-refractivity contribution in [3.05, 3.63) is 11.6 Å². The van der Waals surface area contributed by atoms with Gasteiger partial charge in [0.15, 0.2) is 0 Å². The van der Waals surface area contributed by atoms with Gasteiger partial charge in [0.25, 0.3) is 0 Å². The summed E-state index contributed by atoms with van der Waals surface area (Å²) in [7, 11) is 1.54. The van der Waals surface area contributed by atoms with E-state index >= 15 is 0 Å². The first-order valence-corrected chi connectivity index (χ1v) is 10.9. The fourth-order valence-corrected chi connectivity index (χ4v) is 5.25. The van der Waals surface area contributed by atoms with E-state index in [4.69, 9.17) is 9.47 Å². The van der Waals surface area contributed by atoms with E-state index < -0.39 is 5.60 Å². The van der Waals surface area contributed by atoms with Crippen LogP contribution in [0.2, 0.25) is 0 Å². The quantitative estimate of drug-likeness (QED) is 0.516. The number of esters is 1. The Bertz CT molecular complexity index is 631. The van der Waals surface area contributed by atoms with Crippen molar-refractivity contribution in [2.75, 3.05) is 20.3 Å². The summed E-state index contributed by atoms with van der Waals surface area (Å²) in [5.74, 6) is 0.313. The molecule has 0 heterocycles. The van der Waals surface area contributed by atoms with E-state index in [1.165, 1.54) is 14.0 Å². The number of methoxy groups -OCH3 is 1. The monoisotopic (exact) mass is 409 g/mol. The zero-order valence-corrected chi connectivity index (χ0v) is 19.1. The number of aliphatic hydroxyl groups is 1. The normalized spacial score (nSPS) is 32.9. The van der Waals surface area contributed by atoms with Gasteiger partial charge in [-0.05, 0) is 56.9 Å². The van der Waals surface area contributed by atoms with E-state index in [0.29, 0.717) is 13.0 Å². The summed E-state index contributed by atoms with van der Waals surface area (Å²) in [6.45, 7) is 12.4. The standard InChI is InChI=1S/C23H39NO5/c1-14(2)24(22(26)13-28-7)12-16(4)19-9-8-17(5)23(27)11-21(29-18(6)25)15(3)10-20(19)23/h10,14,16-17,19-21,27H,8-9,11-13H2,1-7H3/t16?,17-,19+,20-,21-,23-/m1/s1. The topological polar surface area (TPSA) is 76.1 Å². The van der Waals surface area contributed by atoms with Crippen molar-refractivity contribution in [3.8, 4) is 0 Å². The van der Waals surface area contributed by atoms with Crippen LogP contribution in [0.15, 0.2) is 11.6 Å². The molecule has 1 saturated carbocycles. The fraction of sp³-hybridized carbons (Fsp3) is 0.826. The maximum Gasteiger partial charge on any atom is 0.303 e. The molecular weight excluding hydrogens is 370 g/mol. The van der Waals surface area contributed by atoms with E-state index in [0.717, 1.165) is 18.4 Å². The largest absolute Gasteiger partial charge is 0.458 e. The van der Waals surface area contributed by atoms with Gasteiger partial charge in [-0.15, -0.1) is 0 Å². The van der Waals surface area contributed by atoms with E-state index in [1.54, 1.807) is 0 Å². The van der Waals surface area contributed by atoms with Crippen LogP contribution in [0.1, 0.15) is 60.8 Å². The van der Waals surface area contributed by atoms with E-state index in [-0.39, 0.29) is 54.3 Å². The number of hydrogen-bond acceptors (Lipinski definition) is 5. The average Bonchev–Trinajstić information content (AvgIpc) is 2.61. The second-order valence-electron chi connectivity index (χ2n) is 9.42. The molecule has 0 aromatic heterocycles. The van der Waals surface area contributed by atoms with E-state index in [9.17, 15) is 14.7 Å². The molecule has 0 radical (unpaired) electrons. The Hall–Kier alpha value is -1.40. The molecule has 0 aliphatic heterocycles. The van der Waals surface area contributed by atoms with Crippen LogP contribution < -0.4 is 0 Å². The summed E-state index contributed by atoms with van der Waals surface area (Å²) in [6, 6.07) is 0.0958. The van der Waals surface area contributed by atoms with Crippen molar-refractivity contribution in [1.29, 1.82) is 0 Å².